The fourth-order valence-corrected chi connectivity index (χ4v) is 1.04. The molecule has 0 aromatic rings. The highest BCUT2D eigenvalue weighted by atomic mass is 16.5. The molecule has 6 heteroatoms. The van der Waals surface area contributed by atoms with Crippen LogP contribution in [0.2, 0.25) is 0 Å². The van der Waals surface area contributed by atoms with E-state index in [4.69, 9.17) is 15.6 Å². The van der Waals surface area contributed by atoms with Gasteiger partial charge in [0.15, 0.2) is 6.04 Å². The van der Waals surface area contributed by atoms with E-state index in [-0.39, 0.29) is 30.9 Å². The molecule has 94 valence electrons. The first-order valence-electron chi connectivity index (χ1n) is 5.15. The van der Waals surface area contributed by atoms with Gasteiger partial charge in [-0.3, -0.25) is 4.79 Å². The quantitative estimate of drug-likeness (QED) is 0.553. The molecule has 0 aliphatic heterocycles. The molecule has 16 heavy (non-hydrogen) atoms. The Bertz CT molecular complexity index is 243. The largest absolute Gasteiger partial charge is 0.480 e. The minimum Gasteiger partial charge on any atom is -0.480 e. The van der Waals surface area contributed by atoms with Gasteiger partial charge in [-0.25, -0.2) is 4.79 Å². The van der Waals surface area contributed by atoms with E-state index in [1.54, 1.807) is 0 Å². The van der Waals surface area contributed by atoms with Gasteiger partial charge in [0.1, 0.15) is 0 Å². The van der Waals surface area contributed by atoms with Crippen LogP contribution in [0.3, 0.4) is 0 Å². The molecular formula is C10H20N2O4. The second-order valence-electron chi connectivity index (χ2n) is 4.03. The summed E-state index contributed by atoms with van der Waals surface area (Å²) in [7, 11) is 1.38. The topological polar surface area (TPSA) is 102 Å². The van der Waals surface area contributed by atoms with Crippen molar-refractivity contribution in [3.8, 4) is 0 Å². The van der Waals surface area contributed by atoms with Crippen molar-refractivity contribution in [2.75, 3.05) is 13.7 Å². The van der Waals surface area contributed by atoms with Crippen molar-refractivity contribution in [1.29, 1.82) is 0 Å². The van der Waals surface area contributed by atoms with Gasteiger partial charge in [0.05, 0.1) is 6.61 Å². The fraction of sp³-hybridized carbons (Fsp3) is 0.800. The molecule has 2 atom stereocenters. The summed E-state index contributed by atoms with van der Waals surface area (Å²) >= 11 is 0. The number of nitrogens with two attached hydrogens (primary N) is 1. The van der Waals surface area contributed by atoms with Crippen LogP contribution in [0.5, 0.6) is 0 Å². The summed E-state index contributed by atoms with van der Waals surface area (Å²) in [6.45, 7) is 3.75. The minimum absolute atomic E-state index is 0.0575. The van der Waals surface area contributed by atoms with Crippen molar-refractivity contribution in [2.45, 2.75) is 32.4 Å². The zero-order valence-electron chi connectivity index (χ0n) is 9.90. The molecule has 0 aliphatic rings. The van der Waals surface area contributed by atoms with E-state index in [9.17, 15) is 9.59 Å². The number of nitrogens with one attached hydrogen (secondary N) is 1. The van der Waals surface area contributed by atoms with Crippen LogP contribution in [0.4, 0.5) is 0 Å². The van der Waals surface area contributed by atoms with Gasteiger partial charge in [-0.05, 0) is 5.92 Å². The number of amides is 1. The average molecular weight is 232 g/mol. The van der Waals surface area contributed by atoms with Gasteiger partial charge in [0.2, 0.25) is 5.91 Å². The van der Waals surface area contributed by atoms with Crippen LogP contribution in [-0.4, -0.2) is 42.8 Å². The zero-order chi connectivity index (χ0) is 12.7. The van der Waals surface area contributed by atoms with Crippen LogP contribution in [0.15, 0.2) is 0 Å². The minimum atomic E-state index is -1.12. The van der Waals surface area contributed by atoms with Gasteiger partial charge >= 0.3 is 5.97 Å². The second-order valence-corrected chi connectivity index (χ2v) is 4.03. The van der Waals surface area contributed by atoms with Crippen molar-refractivity contribution in [1.82, 2.24) is 5.32 Å². The Labute approximate surface area is 95.1 Å². The van der Waals surface area contributed by atoms with Gasteiger partial charge in [-0.15, -0.1) is 0 Å². The van der Waals surface area contributed by atoms with Gasteiger partial charge in [-0.1, -0.05) is 13.8 Å². The van der Waals surface area contributed by atoms with Crippen molar-refractivity contribution < 1.29 is 19.4 Å². The van der Waals surface area contributed by atoms with Gasteiger partial charge in [-0.2, -0.15) is 0 Å². The first-order chi connectivity index (χ1) is 7.38. The molecule has 0 saturated carbocycles. The van der Waals surface area contributed by atoms with E-state index >= 15 is 0 Å². The summed E-state index contributed by atoms with van der Waals surface area (Å²) in [4.78, 5) is 22.2. The first-order valence-corrected chi connectivity index (χ1v) is 5.15. The van der Waals surface area contributed by atoms with Crippen molar-refractivity contribution in [2.24, 2.45) is 11.7 Å². The monoisotopic (exact) mass is 232 g/mol. The molecule has 0 aliphatic carbocycles. The molecular weight excluding hydrogens is 212 g/mol. The van der Waals surface area contributed by atoms with Gasteiger partial charge in [0, 0.05) is 19.6 Å². The lowest BCUT2D eigenvalue weighted by Crippen LogP contribution is -2.46. The highest BCUT2D eigenvalue weighted by molar-refractivity contribution is 5.83. The number of carbonyl (C=O) groups excluding carboxylic acids is 1. The summed E-state index contributed by atoms with van der Waals surface area (Å²) in [6, 6.07) is -1.28. The third-order valence-electron chi connectivity index (χ3n) is 2.24. The zero-order valence-corrected chi connectivity index (χ0v) is 9.90. The lowest BCUT2D eigenvalue weighted by atomic mass is 10.0. The van der Waals surface area contributed by atoms with Crippen molar-refractivity contribution >= 4 is 11.9 Å². The molecule has 0 saturated heterocycles. The maximum absolute atomic E-state index is 11.4. The molecule has 0 heterocycles. The van der Waals surface area contributed by atoms with Crippen molar-refractivity contribution in [3.63, 3.8) is 0 Å². The summed E-state index contributed by atoms with van der Waals surface area (Å²) in [6.07, 6.45) is 0.116. The summed E-state index contributed by atoms with van der Waals surface area (Å²) in [5.74, 6) is -1.31. The van der Waals surface area contributed by atoms with Crippen LogP contribution in [0, 0.1) is 5.92 Å². The normalized spacial score (nSPS) is 14.6. The SMILES string of the molecule is COCC(NC(=O)CC(N)C(C)C)C(=O)O. The van der Waals surface area contributed by atoms with Crippen LogP contribution in [-0.2, 0) is 14.3 Å². The van der Waals surface area contributed by atoms with E-state index in [0.29, 0.717) is 0 Å². The molecule has 0 radical (unpaired) electrons. The maximum Gasteiger partial charge on any atom is 0.328 e. The van der Waals surface area contributed by atoms with Gasteiger partial charge in [0.25, 0.3) is 0 Å². The predicted molar refractivity (Wildman–Crippen MR) is 58.9 cm³/mol. The molecule has 0 rings (SSSR count). The number of hydrogen-bond acceptors (Lipinski definition) is 4. The third kappa shape index (κ3) is 5.67. The maximum atomic E-state index is 11.4. The average Bonchev–Trinajstić information content (AvgIpc) is 2.16. The molecule has 0 bridgehead atoms. The second kappa shape index (κ2) is 7.19. The van der Waals surface area contributed by atoms with E-state index in [0.717, 1.165) is 0 Å². The number of ether oxygens (including phenoxy) is 1. The van der Waals surface area contributed by atoms with Crippen LogP contribution in [0.25, 0.3) is 0 Å². The number of hydrogen-bond donors (Lipinski definition) is 3. The molecule has 0 aromatic carbocycles. The summed E-state index contributed by atoms with van der Waals surface area (Å²) < 4.78 is 4.69. The summed E-state index contributed by atoms with van der Waals surface area (Å²) in [5.41, 5.74) is 5.70. The van der Waals surface area contributed by atoms with E-state index in [1.165, 1.54) is 7.11 Å². The molecule has 0 spiro atoms. The molecule has 0 aromatic heterocycles. The lowest BCUT2D eigenvalue weighted by molar-refractivity contribution is -0.143. The first kappa shape index (κ1) is 14.9. The highest BCUT2D eigenvalue weighted by Gasteiger charge is 2.21. The Morgan fingerprint density at radius 1 is 1.44 bits per heavy atom. The molecule has 1 amide bonds. The predicted octanol–water partition coefficient (Wildman–Crippen LogP) is -0.424. The molecule has 2 unspecified atom stereocenters. The number of carboxylic acids is 1. The van der Waals surface area contributed by atoms with Gasteiger partial charge < -0.3 is 20.9 Å². The number of carboxylic acid groups (broad SMARTS) is 1. The van der Waals surface area contributed by atoms with Crippen LogP contribution in [0.1, 0.15) is 20.3 Å². The molecule has 0 fully saturated rings. The molecule has 6 nitrogen and oxygen atoms in total. The van der Waals surface area contributed by atoms with Crippen LogP contribution < -0.4 is 11.1 Å². The van der Waals surface area contributed by atoms with E-state index in [2.05, 4.69) is 5.32 Å². The Morgan fingerprint density at radius 2 is 2.00 bits per heavy atom. The highest BCUT2D eigenvalue weighted by Crippen LogP contribution is 2.02. The Morgan fingerprint density at radius 3 is 2.38 bits per heavy atom. The smallest absolute Gasteiger partial charge is 0.328 e. The Hall–Kier alpha value is -1.14. The van der Waals surface area contributed by atoms with Crippen molar-refractivity contribution in [3.05, 3.63) is 0 Å². The summed E-state index contributed by atoms with van der Waals surface area (Å²) in [5, 5.41) is 11.1. The Kier molecular flexibility index (Phi) is 6.67. The third-order valence-corrected chi connectivity index (χ3v) is 2.24. The molecule has 4 N–H and O–H groups in total. The standard InChI is InChI=1S/C10H20N2O4/c1-6(2)7(11)4-9(13)12-8(5-16-3)10(14)15/h6-8H,4-5,11H2,1-3H3,(H,12,13)(H,14,15). The van der Waals surface area contributed by atoms with E-state index < -0.39 is 12.0 Å². The number of aliphatic carboxylic acids is 1. The number of methoxy groups -OCH3 is 1. The van der Waals surface area contributed by atoms with E-state index in [1.807, 2.05) is 13.8 Å². The number of rotatable bonds is 7. The lowest BCUT2D eigenvalue weighted by Gasteiger charge is -2.17. The number of carbonyl (C=O) groups is 2. The van der Waals surface area contributed by atoms with Crippen LogP contribution >= 0.6 is 0 Å². The Balaban J connectivity index is 4.14. The fourth-order valence-electron chi connectivity index (χ4n) is 1.04.